The minimum absolute atomic E-state index is 0.0362. The summed E-state index contributed by atoms with van der Waals surface area (Å²) in [6.07, 6.45) is 1.95. The number of aliphatic imine (C=N–C) groups is 1. The Hall–Kier alpha value is -2.00. The van der Waals surface area contributed by atoms with Crippen molar-refractivity contribution in [2.75, 3.05) is 0 Å². The number of Topliss-reactive ketones (excluding diaryl/α,β-unsaturated/α-hetero) is 1. The van der Waals surface area contributed by atoms with Crippen molar-refractivity contribution in [1.29, 1.82) is 0 Å². The van der Waals surface area contributed by atoms with Gasteiger partial charge in [0.15, 0.2) is 5.78 Å². The topological polar surface area (TPSA) is 29.4 Å². The zero-order chi connectivity index (χ0) is 14.1. The summed E-state index contributed by atoms with van der Waals surface area (Å²) in [5, 5.41) is 0.152. The fourth-order valence-corrected chi connectivity index (χ4v) is 2.58. The lowest BCUT2D eigenvalue weighted by Crippen LogP contribution is -2.07. The SMILES string of the molecule is O=C(Cc1ccc2c(c1)CN=C2)c1c(F)cccc1Cl. The van der Waals surface area contributed by atoms with E-state index >= 15 is 0 Å². The van der Waals surface area contributed by atoms with Gasteiger partial charge in [0.25, 0.3) is 0 Å². The molecule has 0 aliphatic carbocycles. The van der Waals surface area contributed by atoms with Crippen LogP contribution in [0, 0.1) is 5.82 Å². The standard InChI is InChI=1S/C16H11ClFNO/c17-13-2-1-3-14(18)16(13)15(20)7-10-4-5-11-8-19-9-12(11)6-10/h1-6,8H,7,9H2. The molecule has 1 aliphatic rings. The second-order valence-corrected chi connectivity index (χ2v) is 5.11. The van der Waals surface area contributed by atoms with Gasteiger partial charge in [-0.1, -0.05) is 35.9 Å². The number of fused-ring (bicyclic) bond motifs is 1. The first kappa shape index (κ1) is 13.0. The fourth-order valence-electron chi connectivity index (χ4n) is 2.31. The molecule has 2 aromatic carbocycles. The number of halogens is 2. The second-order valence-electron chi connectivity index (χ2n) is 4.70. The van der Waals surface area contributed by atoms with Crippen molar-refractivity contribution in [2.45, 2.75) is 13.0 Å². The molecule has 0 bridgehead atoms. The van der Waals surface area contributed by atoms with Crippen molar-refractivity contribution >= 4 is 23.6 Å². The van der Waals surface area contributed by atoms with Gasteiger partial charge in [-0.2, -0.15) is 0 Å². The van der Waals surface area contributed by atoms with Crippen molar-refractivity contribution < 1.29 is 9.18 Å². The summed E-state index contributed by atoms with van der Waals surface area (Å²) in [5.41, 5.74) is 2.98. The van der Waals surface area contributed by atoms with Gasteiger partial charge in [-0.25, -0.2) is 4.39 Å². The highest BCUT2D eigenvalue weighted by atomic mass is 35.5. The molecular formula is C16H11ClFNO. The molecule has 0 unspecified atom stereocenters. The van der Waals surface area contributed by atoms with Gasteiger partial charge in [0.05, 0.1) is 17.1 Å². The monoisotopic (exact) mass is 287 g/mol. The molecule has 1 heterocycles. The Morgan fingerprint density at radius 1 is 1.30 bits per heavy atom. The largest absolute Gasteiger partial charge is 0.294 e. The Morgan fingerprint density at radius 3 is 2.95 bits per heavy atom. The predicted molar refractivity (Wildman–Crippen MR) is 77.2 cm³/mol. The number of carbonyl (C=O) groups is 1. The summed E-state index contributed by atoms with van der Waals surface area (Å²) < 4.78 is 13.7. The third kappa shape index (κ3) is 2.37. The average Bonchev–Trinajstić information content (AvgIpc) is 2.85. The second kappa shape index (κ2) is 5.17. The summed E-state index contributed by atoms with van der Waals surface area (Å²) in [6.45, 7) is 0.637. The molecule has 0 aromatic heterocycles. The number of benzene rings is 2. The molecule has 0 saturated heterocycles. The summed E-state index contributed by atoms with van der Waals surface area (Å²) in [7, 11) is 0. The minimum atomic E-state index is -0.577. The lowest BCUT2D eigenvalue weighted by atomic mass is 9.99. The fraction of sp³-hybridized carbons (Fsp3) is 0.125. The van der Waals surface area contributed by atoms with E-state index in [0.29, 0.717) is 6.54 Å². The highest BCUT2D eigenvalue weighted by Crippen LogP contribution is 2.22. The van der Waals surface area contributed by atoms with Gasteiger partial charge >= 0.3 is 0 Å². The maximum Gasteiger partial charge on any atom is 0.171 e. The smallest absolute Gasteiger partial charge is 0.171 e. The van der Waals surface area contributed by atoms with Crippen molar-refractivity contribution in [3.8, 4) is 0 Å². The first-order valence-corrected chi connectivity index (χ1v) is 6.62. The maximum atomic E-state index is 13.7. The minimum Gasteiger partial charge on any atom is -0.294 e. The van der Waals surface area contributed by atoms with Gasteiger partial charge in [0, 0.05) is 12.6 Å². The van der Waals surface area contributed by atoms with Gasteiger partial charge in [0.1, 0.15) is 5.82 Å². The van der Waals surface area contributed by atoms with Crippen LogP contribution in [0.3, 0.4) is 0 Å². The molecule has 2 aromatic rings. The van der Waals surface area contributed by atoms with Gasteiger partial charge in [0.2, 0.25) is 0 Å². The molecule has 20 heavy (non-hydrogen) atoms. The summed E-state index contributed by atoms with van der Waals surface area (Å²) in [4.78, 5) is 16.4. The van der Waals surface area contributed by atoms with Gasteiger partial charge in [-0.05, 0) is 28.8 Å². The third-order valence-corrected chi connectivity index (χ3v) is 3.62. The van der Waals surface area contributed by atoms with Crippen LogP contribution < -0.4 is 0 Å². The number of ketones is 1. The molecule has 100 valence electrons. The normalized spacial score (nSPS) is 12.5. The highest BCUT2D eigenvalue weighted by Gasteiger charge is 2.17. The van der Waals surface area contributed by atoms with Crippen LogP contribution in [0.5, 0.6) is 0 Å². The van der Waals surface area contributed by atoms with Crippen LogP contribution in [0.1, 0.15) is 27.0 Å². The van der Waals surface area contributed by atoms with E-state index in [2.05, 4.69) is 4.99 Å². The van der Waals surface area contributed by atoms with Crippen LogP contribution in [0.4, 0.5) is 4.39 Å². The molecule has 0 fully saturated rings. The average molecular weight is 288 g/mol. The van der Waals surface area contributed by atoms with Crippen LogP contribution in [-0.4, -0.2) is 12.0 Å². The molecule has 0 atom stereocenters. The lowest BCUT2D eigenvalue weighted by molar-refractivity contribution is 0.0989. The van der Waals surface area contributed by atoms with Gasteiger partial charge in [-0.3, -0.25) is 9.79 Å². The Labute approximate surface area is 120 Å². The van der Waals surface area contributed by atoms with E-state index in [9.17, 15) is 9.18 Å². The van der Waals surface area contributed by atoms with E-state index in [0.717, 1.165) is 16.7 Å². The Balaban J connectivity index is 1.86. The Kier molecular flexibility index (Phi) is 3.36. The van der Waals surface area contributed by atoms with Crippen molar-refractivity contribution in [2.24, 2.45) is 4.99 Å². The van der Waals surface area contributed by atoms with Crippen LogP contribution in [0.25, 0.3) is 0 Å². The number of rotatable bonds is 3. The quantitative estimate of drug-likeness (QED) is 0.789. The molecule has 2 nitrogen and oxygen atoms in total. The summed E-state index contributed by atoms with van der Waals surface area (Å²) in [5.74, 6) is -0.890. The van der Waals surface area contributed by atoms with Crippen LogP contribution in [0.15, 0.2) is 41.4 Å². The van der Waals surface area contributed by atoms with Crippen molar-refractivity contribution in [1.82, 2.24) is 0 Å². The van der Waals surface area contributed by atoms with Crippen molar-refractivity contribution in [3.05, 3.63) is 69.5 Å². The van der Waals surface area contributed by atoms with E-state index in [1.807, 2.05) is 24.4 Å². The third-order valence-electron chi connectivity index (χ3n) is 3.31. The number of nitrogens with zero attached hydrogens (tertiary/aromatic N) is 1. The van der Waals surface area contributed by atoms with Crippen LogP contribution >= 0.6 is 11.6 Å². The van der Waals surface area contributed by atoms with Crippen LogP contribution in [-0.2, 0) is 13.0 Å². The zero-order valence-electron chi connectivity index (χ0n) is 10.6. The molecule has 0 N–H and O–H groups in total. The van der Waals surface area contributed by atoms with E-state index in [1.54, 1.807) is 0 Å². The Bertz CT molecular complexity index is 704. The predicted octanol–water partition coefficient (Wildman–Crippen LogP) is 3.84. The molecule has 0 radical (unpaired) electrons. The highest BCUT2D eigenvalue weighted by molar-refractivity contribution is 6.34. The van der Waals surface area contributed by atoms with Gasteiger partial charge in [-0.15, -0.1) is 0 Å². The molecule has 0 saturated carbocycles. The molecular weight excluding hydrogens is 277 g/mol. The number of carbonyl (C=O) groups excluding carboxylic acids is 1. The Morgan fingerprint density at radius 2 is 2.15 bits per heavy atom. The summed E-state index contributed by atoms with van der Waals surface area (Å²) in [6, 6.07) is 9.99. The van der Waals surface area contributed by atoms with Crippen molar-refractivity contribution in [3.63, 3.8) is 0 Å². The van der Waals surface area contributed by atoms with E-state index < -0.39 is 5.82 Å². The van der Waals surface area contributed by atoms with Gasteiger partial charge < -0.3 is 0 Å². The van der Waals surface area contributed by atoms with E-state index in [4.69, 9.17) is 11.6 Å². The summed E-state index contributed by atoms with van der Waals surface area (Å²) >= 11 is 5.90. The van der Waals surface area contributed by atoms with E-state index in [1.165, 1.54) is 18.2 Å². The molecule has 4 heteroatoms. The van der Waals surface area contributed by atoms with E-state index in [-0.39, 0.29) is 22.8 Å². The molecule has 1 aliphatic heterocycles. The first-order chi connectivity index (χ1) is 9.65. The zero-order valence-corrected chi connectivity index (χ0v) is 11.3. The van der Waals surface area contributed by atoms with Crippen LogP contribution in [0.2, 0.25) is 5.02 Å². The maximum absolute atomic E-state index is 13.7. The molecule has 0 spiro atoms. The number of hydrogen-bond donors (Lipinski definition) is 0. The molecule has 0 amide bonds. The lowest BCUT2D eigenvalue weighted by Gasteiger charge is -2.06. The first-order valence-electron chi connectivity index (χ1n) is 6.24. The number of hydrogen-bond acceptors (Lipinski definition) is 2. The molecule has 3 rings (SSSR count).